The lowest BCUT2D eigenvalue weighted by atomic mass is 9.97. The van der Waals surface area contributed by atoms with Gasteiger partial charge in [0, 0.05) is 19.3 Å². The predicted molar refractivity (Wildman–Crippen MR) is 64.5 cm³/mol. The van der Waals surface area contributed by atoms with Crippen LogP contribution >= 0.6 is 0 Å². The van der Waals surface area contributed by atoms with Crippen LogP contribution in [0.2, 0.25) is 0 Å². The van der Waals surface area contributed by atoms with Gasteiger partial charge in [0.1, 0.15) is 5.69 Å². The molecule has 0 unspecified atom stereocenters. The summed E-state index contributed by atoms with van der Waals surface area (Å²) in [6.07, 6.45) is 3.65. The molecule has 1 fully saturated rings. The van der Waals surface area contributed by atoms with Gasteiger partial charge >= 0.3 is 0 Å². The Morgan fingerprint density at radius 2 is 2.18 bits per heavy atom. The average Bonchev–Trinajstić information content (AvgIpc) is 2.39. The highest BCUT2D eigenvalue weighted by molar-refractivity contribution is 5.90. The average molecular weight is 235 g/mol. The highest BCUT2D eigenvalue weighted by atomic mass is 16.1. The number of hydrogen-bond donors (Lipinski definition) is 2. The first kappa shape index (κ1) is 11.8. The molecule has 1 amide bonds. The van der Waals surface area contributed by atoms with Crippen molar-refractivity contribution >= 4 is 11.9 Å². The first-order valence-corrected chi connectivity index (χ1v) is 5.78. The summed E-state index contributed by atoms with van der Waals surface area (Å²) in [6, 6.07) is 1.53. The van der Waals surface area contributed by atoms with Crippen LogP contribution in [0.25, 0.3) is 0 Å². The maximum Gasteiger partial charge on any atom is 0.267 e. The third-order valence-corrected chi connectivity index (χ3v) is 3.13. The number of nitrogens with zero attached hydrogens (tertiary/aromatic N) is 3. The molecular formula is C11H17N5O. The number of aromatic nitrogens is 2. The Hall–Kier alpha value is -1.69. The van der Waals surface area contributed by atoms with Crippen LogP contribution in [0.15, 0.2) is 12.3 Å². The quantitative estimate of drug-likeness (QED) is 0.752. The summed E-state index contributed by atoms with van der Waals surface area (Å²) < 4.78 is 0. The van der Waals surface area contributed by atoms with Crippen molar-refractivity contribution in [2.45, 2.75) is 12.8 Å². The van der Waals surface area contributed by atoms with Gasteiger partial charge < -0.3 is 16.4 Å². The van der Waals surface area contributed by atoms with E-state index >= 15 is 0 Å². The highest BCUT2D eigenvalue weighted by Gasteiger charge is 2.20. The van der Waals surface area contributed by atoms with Crippen molar-refractivity contribution in [3.63, 3.8) is 0 Å². The molecule has 0 spiro atoms. The molecule has 1 aromatic heterocycles. The molecule has 6 nitrogen and oxygen atoms in total. The summed E-state index contributed by atoms with van der Waals surface area (Å²) in [4.78, 5) is 21.4. The van der Waals surface area contributed by atoms with Crippen LogP contribution in [-0.4, -0.2) is 35.5 Å². The summed E-state index contributed by atoms with van der Waals surface area (Å²) in [6.45, 7) is 2.49. The van der Waals surface area contributed by atoms with Gasteiger partial charge in [-0.2, -0.15) is 0 Å². The number of carbonyl (C=O) groups excluding carboxylic acids is 1. The van der Waals surface area contributed by atoms with Gasteiger partial charge in [0.2, 0.25) is 5.95 Å². The molecule has 4 N–H and O–H groups in total. The van der Waals surface area contributed by atoms with E-state index in [1.165, 1.54) is 6.07 Å². The minimum atomic E-state index is -0.523. The Kier molecular flexibility index (Phi) is 3.53. The lowest BCUT2D eigenvalue weighted by Gasteiger charge is -2.31. The zero-order chi connectivity index (χ0) is 12.3. The van der Waals surface area contributed by atoms with Gasteiger partial charge in [-0.25, -0.2) is 9.97 Å². The maximum atomic E-state index is 11.0. The third kappa shape index (κ3) is 2.71. The molecule has 1 aliphatic heterocycles. The lowest BCUT2D eigenvalue weighted by Crippen LogP contribution is -2.37. The van der Waals surface area contributed by atoms with Crippen molar-refractivity contribution in [2.75, 3.05) is 24.5 Å². The standard InChI is InChI=1S/C11H17N5O/c12-7-8-2-5-16(6-3-8)11-14-4-1-9(15-11)10(13)17/h1,4,8H,2-3,5-7,12H2,(H2,13,17). The number of hydrogen-bond acceptors (Lipinski definition) is 5. The Labute approximate surface area is 100 Å². The molecule has 1 aliphatic rings. The fourth-order valence-corrected chi connectivity index (χ4v) is 2.01. The number of nitrogens with two attached hydrogens (primary N) is 2. The molecule has 1 aromatic rings. The lowest BCUT2D eigenvalue weighted by molar-refractivity contribution is 0.0995. The van der Waals surface area contributed by atoms with Crippen molar-refractivity contribution in [1.82, 2.24) is 9.97 Å². The summed E-state index contributed by atoms with van der Waals surface area (Å²) in [5, 5.41) is 0. The van der Waals surface area contributed by atoms with E-state index in [0.29, 0.717) is 11.9 Å². The van der Waals surface area contributed by atoms with Crippen molar-refractivity contribution < 1.29 is 4.79 Å². The van der Waals surface area contributed by atoms with Gasteiger partial charge in [0.15, 0.2) is 0 Å². The molecule has 92 valence electrons. The van der Waals surface area contributed by atoms with E-state index in [1.54, 1.807) is 6.20 Å². The van der Waals surface area contributed by atoms with Gasteiger partial charge in [-0.05, 0) is 31.4 Å². The third-order valence-electron chi connectivity index (χ3n) is 3.13. The molecule has 0 aliphatic carbocycles. The van der Waals surface area contributed by atoms with Crippen LogP contribution in [0.4, 0.5) is 5.95 Å². The molecule has 2 heterocycles. The zero-order valence-corrected chi connectivity index (χ0v) is 9.67. The minimum absolute atomic E-state index is 0.260. The Morgan fingerprint density at radius 3 is 2.76 bits per heavy atom. The van der Waals surface area contributed by atoms with E-state index in [-0.39, 0.29) is 5.69 Å². The number of primary amides is 1. The number of amides is 1. The number of rotatable bonds is 3. The fraction of sp³-hybridized carbons (Fsp3) is 0.545. The fourth-order valence-electron chi connectivity index (χ4n) is 2.01. The Bertz CT molecular complexity index is 401. The summed E-state index contributed by atoms with van der Waals surface area (Å²) in [5.74, 6) is 0.646. The molecule has 0 saturated carbocycles. The maximum absolute atomic E-state index is 11.0. The first-order valence-electron chi connectivity index (χ1n) is 5.78. The molecule has 1 saturated heterocycles. The molecule has 0 atom stereocenters. The van der Waals surface area contributed by atoms with Crippen molar-refractivity contribution in [3.8, 4) is 0 Å². The molecule has 17 heavy (non-hydrogen) atoms. The molecular weight excluding hydrogens is 218 g/mol. The summed E-state index contributed by atoms with van der Waals surface area (Å²) in [5.41, 5.74) is 11.1. The molecule has 0 bridgehead atoms. The van der Waals surface area contributed by atoms with E-state index in [1.807, 2.05) is 0 Å². The monoisotopic (exact) mass is 235 g/mol. The van der Waals surface area contributed by atoms with E-state index < -0.39 is 5.91 Å². The largest absolute Gasteiger partial charge is 0.364 e. The molecule has 2 rings (SSSR count). The van der Waals surface area contributed by atoms with Gasteiger partial charge in [-0.3, -0.25) is 4.79 Å². The Balaban J connectivity index is 2.08. The minimum Gasteiger partial charge on any atom is -0.364 e. The second-order valence-electron chi connectivity index (χ2n) is 4.27. The number of carbonyl (C=O) groups is 1. The summed E-state index contributed by atoms with van der Waals surface area (Å²) >= 11 is 0. The normalized spacial score (nSPS) is 17.1. The van der Waals surface area contributed by atoms with E-state index in [2.05, 4.69) is 14.9 Å². The van der Waals surface area contributed by atoms with Crippen molar-refractivity contribution in [3.05, 3.63) is 18.0 Å². The van der Waals surface area contributed by atoms with Gasteiger partial charge in [0.25, 0.3) is 5.91 Å². The van der Waals surface area contributed by atoms with Crippen LogP contribution in [0, 0.1) is 5.92 Å². The molecule has 0 radical (unpaired) electrons. The molecule has 6 heteroatoms. The second kappa shape index (κ2) is 5.09. The molecule has 0 aromatic carbocycles. The van der Waals surface area contributed by atoms with Crippen molar-refractivity contribution in [2.24, 2.45) is 17.4 Å². The van der Waals surface area contributed by atoms with Gasteiger partial charge in [-0.1, -0.05) is 0 Å². The number of piperidine rings is 1. The van der Waals surface area contributed by atoms with Crippen LogP contribution in [0.3, 0.4) is 0 Å². The first-order chi connectivity index (χ1) is 8.20. The van der Waals surface area contributed by atoms with Crippen molar-refractivity contribution in [1.29, 1.82) is 0 Å². The number of anilines is 1. The van der Waals surface area contributed by atoms with Crippen LogP contribution in [0.1, 0.15) is 23.3 Å². The van der Waals surface area contributed by atoms with Crippen LogP contribution < -0.4 is 16.4 Å². The Morgan fingerprint density at radius 1 is 1.47 bits per heavy atom. The van der Waals surface area contributed by atoms with E-state index in [9.17, 15) is 4.79 Å². The summed E-state index contributed by atoms with van der Waals surface area (Å²) in [7, 11) is 0. The zero-order valence-electron chi connectivity index (χ0n) is 9.67. The van der Waals surface area contributed by atoms with Gasteiger partial charge in [0.05, 0.1) is 0 Å². The topological polar surface area (TPSA) is 98.1 Å². The smallest absolute Gasteiger partial charge is 0.267 e. The van der Waals surface area contributed by atoms with Crippen LogP contribution in [-0.2, 0) is 0 Å². The second-order valence-corrected chi connectivity index (χ2v) is 4.27. The van der Waals surface area contributed by atoms with Gasteiger partial charge in [-0.15, -0.1) is 0 Å². The van der Waals surface area contributed by atoms with E-state index in [0.717, 1.165) is 32.5 Å². The SMILES string of the molecule is NCC1CCN(c2nccc(C(N)=O)n2)CC1. The highest BCUT2D eigenvalue weighted by Crippen LogP contribution is 2.19. The van der Waals surface area contributed by atoms with Crippen LogP contribution in [0.5, 0.6) is 0 Å². The van der Waals surface area contributed by atoms with E-state index in [4.69, 9.17) is 11.5 Å². The predicted octanol–water partition coefficient (Wildman–Crippen LogP) is -0.249.